The second kappa shape index (κ2) is 21.6. The van der Waals surface area contributed by atoms with E-state index in [0.29, 0.717) is 90.4 Å². The molecule has 0 aliphatic carbocycles. The number of amides is 3. The quantitative estimate of drug-likeness (QED) is 0.0590. The van der Waals surface area contributed by atoms with E-state index in [4.69, 9.17) is 15.2 Å². The molecule has 14 nitrogen and oxygen atoms in total. The lowest BCUT2D eigenvalue weighted by Crippen LogP contribution is -2.50. The predicted molar refractivity (Wildman–Crippen MR) is 285 cm³/mol. The smallest absolute Gasteiger partial charge is 0.253 e. The first kappa shape index (κ1) is 49.6. The molecule has 2 aromatic heterocycles. The van der Waals surface area contributed by atoms with Crippen LogP contribution in [0.3, 0.4) is 0 Å². The van der Waals surface area contributed by atoms with Crippen LogP contribution in [0.4, 0.5) is 11.4 Å². The number of hydrogen-bond donors (Lipinski definition) is 5. The van der Waals surface area contributed by atoms with Gasteiger partial charge in [0.1, 0.15) is 18.1 Å². The molecule has 1 aliphatic heterocycles. The molecule has 9 rings (SSSR count). The third kappa shape index (κ3) is 11.6. The number of aromatic nitrogens is 2. The first-order valence-corrected chi connectivity index (χ1v) is 24.4. The molecule has 0 radical (unpaired) electrons. The summed E-state index contributed by atoms with van der Waals surface area (Å²) in [7, 11) is 1.60. The fourth-order valence-electron chi connectivity index (χ4n) is 9.62. The van der Waals surface area contributed by atoms with Crippen LogP contribution in [-0.2, 0) is 19.4 Å². The topological polar surface area (TPSA) is 192 Å². The molecule has 372 valence electrons. The van der Waals surface area contributed by atoms with Crippen LogP contribution >= 0.6 is 0 Å². The van der Waals surface area contributed by atoms with Crippen LogP contribution < -0.4 is 31.4 Å². The monoisotopic (exact) mass is 977 g/mol. The van der Waals surface area contributed by atoms with E-state index in [0.717, 1.165) is 44.4 Å². The van der Waals surface area contributed by atoms with Crippen LogP contribution in [0.15, 0.2) is 151 Å². The van der Waals surface area contributed by atoms with E-state index in [1.54, 1.807) is 29.0 Å². The number of nitrogens with two attached hydrogens (primary N) is 1. The molecule has 14 heteroatoms. The minimum atomic E-state index is -0.889. The number of piperazine rings is 1. The van der Waals surface area contributed by atoms with Gasteiger partial charge in [0, 0.05) is 84.2 Å². The number of β-amino-alcohol motifs (C(OH)–C–C–N with tert-alkyl or cyclic N) is 1. The van der Waals surface area contributed by atoms with Gasteiger partial charge in [-0.15, -0.1) is 0 Å². The third-order valence-corrected chi connectivity index (χ3v) is 13.3. The van der Waals surface area contributed by atoms with Gasteiger partial charge < -0.3 is 45.7 Å². The van der Waals surface area contributed by atoms with Crippen molar-refractivity contribution in [3.05, 3.63) is 206 Å². The minimum Gasteiger partial charge on any atom is -0.497 e. The van der Waals surface area contributed by atoms with E-state index >= 15 is 0 Å². The van der Waals surface area contributed by atoms with Gasteiger partial charge in [-0.2, -0.15) is 0 Å². The number of nitrogens with zero attached hydrogens (tertiary/aromatic N) is 3. The summed E-state index contributed by atoms with van der Waals surface area (Å²) < 4.78 is 11.5. The number of primary amides is 1. The van der Waals surface area contributed by atoms with Crippen molar-refractivity contribution >= 4 is 50.9 Å². The number of nitrogens with one attached hydrogen (secondary N) is 3. The lowest BCUT2D eigenvalue weighted by Gasteiger charge is -2.35. The zero-order valence-electron chi connectivity index (χ0n) is 41.4. The molecule has 0 saturated carbocycles. The zero-order valence-corrected chi connectivity index (χ0v) is 41.4. The van der Waals surface area contributed by atoms with Crippen molar-refractivity contribution in [2.75, 3.05) is 45.2 Å². The maximum Gasteiger partial charge on any atom is 0.253 e. The molecule has 1 aliphatic rings. The van der Waals surface area contributed by atoms with E-state index in [2.05, 4.69) is 40.5 Å². The number of ether oxygens (including phenoxy) is 2. The average molecular weight is 978 g/mol. The number of aromatic amines is 1. The summed E-state index contributed by atoms with van der Waals surface area (Å²) in [6.07, 6.45) is 1.72. The van der Waals surface area contributed by atoms with Crippen LogP contribution in [0.2, 0.25) is 0 Å². The van der Waals surface area contributed by atoms with Crippen molar-refractivity contribution in [1.82, 2.24) is 25.1 Å². The number of carbonyl (C=O) groups excluding carboxylic acids is 3. The number of rotatable bonds is 17. The van der Waals surface area contributed by atoms with Gasteiger partial charge in [0.2, 0.25) is 5.56 Å². The Morgan fingerprint density at radius 2 is 1.44 bits per heavy atom. The first-order valence-electron chi connectivity index (χ1n) is 24.4. The molecular weight excluding hydrogens is 919 g/mol. The number of aryl methyl sites for hydroxylation is 1. The Hall–Kier alpha value is -8.33. The van der Waals surface area contributed by atoms with Crippen molar-refractivity contribution in [3.63, 3.8) is 0 Å². The van der Waals surface area contributed by atoms with Crippen LogP contribution in [0.25, 0.3) is 21.8 Å². The highest BCUT2D eigenvalue weighted by Crippen LogP contribution is 2.34. The number of carbonyl (C=O) groups is 3. The van der Waals surface area contributed by atoms with Gasteiger partial charge in [-0.1, -0.05) is 72.8 Å². The molecule has 1 atom stereocenters. The summed E-state index contributed by atoms with van der Waals surface area (Å²) in [6.45, 7) is 8.24. The van der Waals surface area contributed by atoms with Crippen LogP contribution in [-0.4, -0.2) is 88.0 Å². The van der Waals surface area contributed by atoms with Crippen molar-refractivity contribution in [2.45, 2.75) is 51.9 Å². The van der Waals surface area contributed by atoms with Crippen LogP contribution in [0, 0.1) is 6.92 Å². The second-order valence-electron chi connectivity index (χ2n) is 19.2. The maximum atomic E-state index is 14.0. The normalized spacial score (nSPS) is 13.2. The summed E-state index contributed by atoms with van der Waals surface area (Å²) in [5.74, 6) is 0.389. The number of pyridine rings is 2. The fourth-order valence-corrected chi connectivity index (χ4v) is 9.62. The Balaban J connectivity index is 0.808. The number of anilines is 2. The summed E-state index contributed by atoms with van der Waals surface area (Å²) in [6, 6.07) is 43.3. The molecule has 0 spiro atoms. The molecule has 73 heavy (non-hydrogen) atoms. The number of aliphatic hydroxyl groups is 1. The third-order valence-electron chi connectivity index (χ3n) is 13.3. The number of hydrogen-bond acceptors (Lipinski definition) is 10. The Kier molecular flexibility index (Phi) is 14.7. The Morgan fingerprint density at radius 3 is 2.14 bits per heavy atom. The molecule has 1 fully saturated rings. The van der Waals surface area contributed by atoms with Gasteiger partial charge in [-0.05, 0) is 122 Å². The van der Waals surface area contributed by atoms with E-state index in [1.807, 2.05) is 122 Å². The SMILES string of the molecule is COc1cccc(Nc2c(C(N)=O)cnc3c(C)cc(Cc4cccc(C(=O)N5CCN(C(=O)c6cccc(CC(C)(C)NC[C@H](O)c7ccc(OCc8ccccc8)c8[nH]c(=O)ccc78)c6)CC5)c4)cc23)c1. The van der Waals surface area contributed by atoms with Crippen LogP contribution in [0.5, 0.6) is 11.5 Å². The highest BCUT2D eigenvalue weighted by Gasteiger charge is 2.27. The summed E-state index contributed by atoms with van der Waals surface area (Å²) in [5, 5.41) is 19.8. The Morgan fingerprint density at radius 1 is 0.767 bits per heavy atom. The van der Waals surface area contributed by atoms with E-state index in [-0.39, 0.29) is 29.5 Å². The van der Waals surface area contributed by atoms with Crippen molar-refractivity contribution in [2.24, 2.45) is 5.73 Å². The van der Waals surface area contributed by atoms with Gasteiger partial charge in [-0.3, -0.25) is 24.2 Å². The highest BCUT2D eigenvalue weighted by molar-refractivity contribution is 6.08. The summed E-state index contributed by atoms with van der Waals surface area (Å²) in [4.78, 5) is 64.0. The molecular formula is C59H59N7O7. The number of fused-ring (bicyclic) bond motifs is 2. The van der Waals surface area contributed by atoms with E-state index in [9.17, 15) is 24.3 Å². The number of methoxy groups -OCH3 is 1. The molecule has 3 heterocycles. The number of aliphatic hydroxyl groups excluding tert-OH is 1. The zero-order chi connectivity index (χ0) is 51.2. The largest absolute Gasteiger partial charge is 0.497 e. The number of H-pyrrole nitrogens is 1. The van der Waals surface area contributed by atoms with Gasteiger partial charge in [0.25, 0.3) is 17.7 Å². The van der Waals surface area contributed by atoms with Crippen molar-refractivity contribution < 1.29 is 29.0 Å². The van der Waals surface area contributed by atoms with Crippen molar-refractivity contribution in [1.29, 1.82) is 0 Å². The van der Waals surface area contributed by atoms with Crippen LogP contribution in [0.1, 0.15) is 84.4 Å². The lowest BCUT2D eigenvalue weighted by atomic mass is 9.93. The van der Waals surface area contributed by atoms with Gasteiger partial charge in [0.15, 0.2) is 0 Å². The molecule has 3 amide bonds. The highest BCUT2D eigenvalue weighted by atomic mass is 16.5. The Labute approximate surface area is 423 Å². The Bertz CT molecular complexity index is 3400. The molecule has 6 N–H and O–H groups in total. The minimum absolute atomic E-state index is 0.0936. The standard InChI is InChI=1S/C59H59N7O7/c1-37-27-41(31-48-53(37)61-34-49(56(60)69)54(48)63-44-17-10-18-45(32-44)72-4)28-39-13-8-15-42(29-39)57(70)65-23-25-66(26-24-65)58(71)43-16-9-14-40(30-43)33-59(2,3)62-35-50(67)46-19-21-51(55-47(46)20-22-52(68)64-55)73-36-38-11-6-5-7-12-38/h5-22,27,29-32,34,50,62,67H,23-26,28,33,35-36H2,1-4H3,(H2,60,69)(H,61,63)(H,64,68)/t50-/m0/s1. The lowest BCUT2D eigenvalue weighted by molar-refractivity contribution is 0.0535. The maximum absolute atomic E-state index is 14.0. The second-order valence-corrected chi connectivity index (χ2v) is 19.2. The summed E-state index contributed by atoms with van der Waals surface area (Å²) >= 11 is 0. The van der Waals surface area contributed by atoms with Crippen molar-refractivity contribution in [3.8, 4) is 11.5 Å². The molecule has 8 aromatic rings. The van der Waals surface area contributed by atoms with Gasteiger partial charge >= 0.3 is 0 Å². The van der Waals surface area contributed by atoms with Gasteiger partial charge in [0.05, 0.1) is 35.5 Å². The molecule has 0 unspecified atom stereocenters. The molecule has 1 saturated heterocycles. The van der Waals surface area contributed by atoms with Gasteiger partial charge in [-0.25, -0.2) is 0 Å². The first-order chi connectivity index (χ1) is 35.2. The van der Waals surface area contributed by atoms with E-state index < -0.39 is 17.6 Å². The number of benzene rings is 6. The molecule has 6 aromatic carbocycles. The summed E-state index contributed by atoms with van der Waals surface area (Å²) in [5.41, 5.74) is 14.5. The van der Waals surface area contributed by atoms with E-state index in [1.165, 1.54) is 12.3 Å². The molecule has 0 bridgehead atoms. The fraction of sp³-hybridized carbons (Fsp3) is 0.237. The predicted octanol–water partition coefficient (Wildman–Crippen LogP) is 8.65. The average Bonchev–Trinajstić information content (AvgIpc) is 3.39.